The summed E-state index contributed by atoms with van der Waals surface area (Å²) in [5.74, 6) is 2.00. The highest BCUT2D eigenvalue weighted by Gasteiger charge is 2.53. The molecular weight excluding hydrogens is 1660 g/mol. The first kappa shape index (κ1) is 89.1. The summed E-state index contributed by atoms with van der Waals surface area (Å²) in [6, 6.07) is 74.9. The van der Waals surface area contributed by atoms with Crippen LogP contribution in [0.25, 0.3) is 32.7 Å². The summed E-state index contributed by atoms with van der Waals surface area (Å²) in [4.78, 5) is 79.0. The van der Waals surface area contributed by atoms with Gasteiger partial charge in [0, 0.05) is 99.2 Å². The molecule has 10 aromatic rings. The Morgan fingerprint density at radius 2 is 0.871 bits per heavy atom. The van der Waals surface area contributed by atoms with Crippen LogP contribution in [-0.2, 0) is 33.2 Å². The molecule has 18 nitrogen and oxygen atoms in total. The average molecular weight is 1780 g/mol. The van der Waals surface area contributed by atoms with E-state index in [0.29, 0.717) is 110 Å². The van der Waals surface area contributed by atoms with Gasteiger partial charge in [-0.2, -0.15) is 0 Å². The summed E-state index contributed by atoms with van der Waals surface area (Å²) in [5, 5.41) is 5.39. The van der Waals surface area contributed by atoms with E-state index in [1.165, 1.54) is 22.3 Å². The summed E-state index contributed by atoms with van der Waals surface area (Å²) < 4.78 is 43.2. The minimum atomic E-state index is -0.667. The average Bonchev–Trinajstić information content (AvgIpc) is 0.833. The Morgan fingerprint density at radius 1 is 0.484 bits per heavy atom. The number of fused-ring (bicyclic) bond motifs is 4. The summed E-state index contributed by atoms with van der Waals surface area (Å²) in [6.45, 7) is 33.7. The molecular formula is C102H114BBrCl2N6O12. The molecule has 0 aliphatic carbocycles. The van der Waals surface area contributed by atoms with Crippen LogP contribution in [0.2, 0.25) is 10.0 Å². The fourth-order valence-corrected chi connectivity index (χ4v) is 18.6. The van der Waals surface area contributed by atoms with Crippen molar-refractivity contribution < 1.29 is 57.0 Å². The SMILES string of the molecule is CC(C)(C)C(=O)Oc1cc(B2OC(C)(C)C(C)(C)O2)c2ccccc2c1.CC(C)(C)OC(=O)N1CCC(C2Oc3cc(Br)c(Cl)cc3N(CC3CN(C(c4ccccc4)c4ccccc4)C3)C2=O)CC1.Cc1cc(-c2cc3c(cc2Cl)N(CC2CN(C(c4ccccc4)c4ccccc4)C2)C(=O)C(C2CCN(C(=O)OC(C)(C)C)CC2)O3)c2ccccc2c1. The van der Waals surface area contributed by atoms with E-state index < -0.39 is 47.1 Å². The van der Waals surface area contributed by atoms with E-state index >= 15 is 0 Å². The van der Waals surface area contributed by atoms with E-state index in [1.807, 2.05) is 179 Å². The molecule has 4 amide bonds. The topological polar surface area (TPSA) is 169 Å². The predicted molar refractivity (Wildman–Crippen MR) is 497 cm³/mol. The number of esters is 1. The third-order valence-electron chi connectivity index (χ3n) is 24.9. The second-order valence-corrected chi connectivity index (χ2v) is 39.9. The molecule has 17 rings (SSSR count). The number of ether oxygens (including phenoxy) is 5. The van der Waals surface area contributed by atoms with Crippen molar-refractivity contribution >= 4 is 115 Å². The Labute approximate surface area is 748 Å². The van der Waals surface area contributed by atoms with Gasteiger partial charge in [-0.05, 0) is 235 Å². The van der Waals surface area contributed by atoms with E-state index in [2.05, 4.69) is 172 Å². The number of anilines is 2. The van der Waals surface area contributed by atoms with Gasteiger partial charge in [-0.25, -0.2) is 9.59 Å². The predicted octanol–water partition coefficient (Wildman–Crippen LogP) is 21.6. The molecule has 7 heterocycles. The fourth-order valence-electron chi connectivity index (χ4n) is 17.8. The largest absolute Gasteiger partial charge is 0.495 e. The highest BCUT2D eigenvalue weighted by atomic mass is 79.9. The highest BCUT2D eigenvalue weighted by Crippen LogP contribution is 2.49. The van der Waals surface area contributed by atoms with Crippen molar-refractivity contribution in [2.75, 3.05) is 75.2 Å². The van der Waals surface area contributed by atoms with Crippen LogP contribution in [0.15, 0.2) is 223 Å². The van der Waals surface area contributed by atoms with Crippen molar-refractivity contribution in [3.05, 3.63) is 261 Å². The fraction of sp³-hybridized carbons (Fsp3) is 0.402. The number of rotatable bonds is 15. The Bertz CT molecular complexity index is 5430. The molecule has 5 saturated heterocycles. The summed E-state index contributed by atoms with van der Waals surface area (Å²) in [6.07, 6.45) is 0.724. The zero-order valence-corrected chi connectivity index (χ0v) is 76.7. The molecule has 2 atom stereocenters. The molecule has 2 unspecified atom stereocenters. The van der Waals surface area contributed by atoms with Gasteiger partial charge in [0.1, 0.15) is 28.5 Å². The maximum Gasteiger partial charge on any atom is 0.495 e. The summed E-state index contributed by atoms with van der Waals surface area (Å²) >= 11 is 17.2. The van der Waals surface area contributed by atoms with Crippen LogP contribution in [0.4, 0.5) is 21.0 Å². The lowest BCUT2D eigenvalue weighted by Gasteiger charge is -2.48. The van der Waals surface area contributed by atoms with Gasteiger partial charge in [0.25, 0.3) is 11.8 Å². The van der Waals surface area contributed by atoms with Crippen molar-refractivity contribution in [2.45, 2.75) is 169 Å². The van der Waals surface area contributed by atoms with Crippen LogP contribution in [0.1, 0.15) is 156 Å². The van der Waals surface area contributed by atoms with E-state index in [0.717, 1.165) is 74.3 Å². The number of hydrogen-bond acceptors (Lipinski definition) is 14. The Hall–Kier alpha value is -9.77. The van der Waals surface area contributed by atoms with E-state index in [-0.39, 0.29) is 59.8 Å². The molecule has 0 radical (unpaired) electrons. The Balaban J connectivity index is 0.000000153. The van der Waals surface area contributed by atoms with Crippen molar-refractivity contribution in [2.24, 2.45) is 29.1 Å². The van der Waals surface area contributed by atoms with Crippen LogP contribution >= 0.6 is 39.1 Å². The lowest BCUT2D eigenvalue weighted by molar-refractivity contribution is -0.143. The second kappa shape index (κ2) is 36.7. The Kier molecular flexibility index (Phi) is 26.3. The molecule has 7 aliphatic rings. The molecule has 0 saturated carbocycles. The van der Waals surface area contributed by atoms with Gasteiger partial charge in [-0.1, -0.05) is 205 Å². The molecule has 0 aromatic heterocycles. The first-order valence-electron chi connectivity index (χ1n) is 43.5. The van der Waals surface area contributed by atoms with E-state index in [1.54, 1.807) is 9.80 Å². The van der Waals surface area contributed by atoms with Crippen LogP contribution in [-0.4, -0.2) is 157 Å². The lowest BCUT2D eigenvalue weighted by Crippen LogP contribution is -2.57. The van der Waals surface area contributed by atoms with E-state index in [4.69, 9.17) is 56.2 Å². The molecule has 0 bridgehead atoms. The number of piperidine rings is 2. The van der Waals surface area contributed by atoms with Crippen molar-refractivity contribution in [1.29, 1.82) is 0 Å². The monoisotopic (exact) mass is 1770 g/mol. The van der Waals surface area contributed by atoms with Crippen LogP contribution < -0.4 is 29.5 Å². The third kappa shape index (κ3) is 20.0. The quantitative estimate of drug-likeness (QED) is 0.0540. The van der Waals surface area contributed by atoms with Crippen LogP contribution in [0, 0.1) is 36.0 Å². The number of carbonyl (C=O) groups excluding carboxylic acids is 5. The van der Waals surface area contributed by atoms with Crippen LogP contribution in [0.3, 0.4) is 0 Å². The zero-order chi connectivity index (χ0) is 87.9. The number of carbonyl (C=O) groups is 5. The smallest absolute Gasteiger partial charge is 0.478 e. The third-order valence-corrected chi connectivity index (χ3v) is 26.4. The molecule has 0 N–H and O–H groups in total. The first-order chi connectivity index (χ1) is 59.0. The first-order valence-corrected chi connectivity index (χ1v) is 45.1. The molecule has 5 fully saturated rings. The summed E-state index contributed by atoms with van der Waals surface area (Å²) in [5.41, 5.74) is 7.86. The van der Waals surface area contributed by atoms with Gasteiger partial charge in [-0.3, -0.25) is 24.2 Å². The molecule has 22 heteroatoms. The maximum atomic E-state index is 14.6. The van der Waals surface area contributed by atoms with Crippen molar-refractivity contribution in [1.82, 2.24) is 19.6 Å². The lowest BCUT2D eigenvalue weighted by atomic mass is 9.76. The van der Waals surface area contributed by atoms with Gasteiger partial charge < -0.3 is 52.6 Å². The minimum absolute atomic E-state index is 0.00952. The normalized spacial score (nSPS) is 19.0. The van der Waals surface area contributed by atoms with Gasteiger partial charge in [0.2, 0.25) is 0 Å². The molecule has 10 aromatic carbocycles. The summed E-state index contributed by atoms with van der Waals surface area (Å²) in [7, 11) is -0.516. The second-order valence-electron chi connectivity index (χ2n) is 38.2. The maximum absolute atomic E-state index is 14.6. The van der Waals surface area contributed by atoms with Crippen LogP contribution in [0.5, 0.6) is 17.2 Å². The van der Waals surface area contributed by atoms with E-state index in [9.17, 15) is 24.0 Å². The number of nitrogens with zero attached hydrogens (tertiary/aromatic N) is 6. The van der Waals surface area contributed by atoms with Gasteiger partial charge in [-0.15, -0.1) is 0 Å². The molecule has 7 aliphatic heterocycles. The van der Waals surface area contributed by atoms with Crippen molar-refractivity contribution in [3.63, 3.8) is 0 Å². The van der Waals surface area contributed by atoms with Crippen molar-refractivity contribution in [3.8, 4) is 28.4 Å². The van der Waals surface area contributed by atoms with Gasteiger partial charge >= 0.3 is 25.3 Å². The Morgan fingerprint density at radius 3 is 1.29 bits per heavy atom. The molecule has 124 heavy (non-hydrogen) atoms. The molecule has 648 valence electrons. The number of halogens is 3. The standard InChI is InChI=1S/C46H48ClN3O4.C35H39BrClN3O4.C21H27BO4/c1-30-23-35-17-11-12-18-36(35)37(24-30)38-25-41-40(26-39(38)47)50(44(51)43(53-41)34-19-21-48(22-20-34)45(52)54-46(2,3)4)29-31-27-49(28-31)42(32-13-7-5-8-14-32)33-15-9-6-10-16-33;1-35(2,3)44-34(42)38-16-14-26(15-17-38)32-33(41)40(29-19-28(37)27(36)18-30(29)43-32)22-23-20-39(21-23)31(24-10-6-4-7-11-24)25-12-8-5-9-13-25;1-19(2,3)18(23)24-15-12-14-10-8-9-11-16(14)17(13-15)22-25-20(4,5)21(6,7)26-22/h5-18,23-26,31,34,42-43H,19-22,27-29H2,1-4H3;4-13,18-19,23,26,31-32H,14-17,20-22H2,1-3H3;8-13H,1-7H3. The van der Waals surface area contributed by atoms with Gasteiger partial charge in [0.15, 0.2) is 12.2 Å². The highest BCUT2D eigenvalue weighted by molar-refractivity contribution is 9.10. The molecule has 0 spiro atoms. The number of amides is 4. The number of benzene rings is 10. The number of likely N-dealkylation sites (tertiary alicyclic amines) is 4. The number of aryl methyl sites for hydroxylation is 1. The minimum Gasteiger partial charge on any atom is -0.478 e. The van der Waals surface area contributed by atoms with Gasteiger partial charge in [0.05, 0.1) is 50.1 Å². The zero-order valence-electron chi connectivity index (χ0n) is 73.6. The number of hydrogen-bond donors (Lipinski definition) is 0.